The van der Waals surface area contributed by atoms with Crippen molar-refractivity contribution in [2.24, 2.45) is 5.10 Å². The van der Waals surface area contributed by atoms with Gasteiger partial charge in [-0.3, -0.25) is 5.43 Å². The largest absolute Gasteiger partial charge is 0.507 e. The second kappa shape index (κ2) is 8.34. The predicted molar refractivity (Wildman–Crippen MR) is 104 cm³/mol. The molecule has 7 heteroatoms. The number of methoxy groups -OCH3 is 2. The van der Waals surface area contributed by atoms with E-state index in [0.717, 1.165) is 22.4 Å². The van der Waals surface area contributed by atoms with Crippen LogP contribution >= 0.6 is 12.2 Å². The summed E-state index contributed by atoms with van der Waals surface area (Å²) in [4.78, 5) is 0. The predicted octanol–water partition coefficient (Wildman–Crippen LogP) is 3.35. The molecule has 132 valence electrons. The molecular formula is C18H21N3O3S. The zero-order valence-corrected chi connectivity index (χ0v) is 15.4. The number of benzene rings is 2. The van der Waals surface area contributed by atoms with E-state index in [1.165, 1.54) is 0 Å². The minimum atomic E-state index is 0.302. The van der Waals surface area contributed by atoms with E-state index in [1.807, 2.05) is 32.0 Å². The second-order valence-corrected chi connectivity index (χ2v) is 5.81. The van der Waals surface area contributed by atoms with E-state index in [0.29, 0.717) is 22.4 Å². The van der Waals surface area contributed by atoms with Crippen molar-refractivity contribution in [3.05, 3.63) is 47.0 Å². The van der Waals surface area contributed by atoms with Crippen LogP contribution in [0.25, 0.3) is 0 Å². The molecule has 0 bridgehead atoms. The Morgan fingerprint density at radius 2 is 1.72 bits per heavy atom. The normalized spacial score (nSPS) is 10.6. The fourth-order valence-electron chi connectivity index (χ4n) is 2.30. The molecule has 25 heavy (non-hydrogen) atoms. The van der Waals surface area contributed by atoms with Gasteiger partial charge in [0, 0.05) is 11.8 Å². The zero-order valence-electron chi connectivity index (χ0n) is 14.6. The Balaban J connectivity index is 1.99. The third-order valence-electron chi connectivity index (χ3n) is 3.53. The van der Waals surface area contributed by atoms with Crippen molar-refractivity contribution in [3.8, 4) is 17.2 Å². The van der Waals surface area contributed by atoms with Crippen LogP contribution in [0.3, 0.4) is 0 Å². The molecule has 0 aromatic heterocycles. The van der Waals surface area contributed by atoms with Gasteiger partial charge in [0.2, 0.25) is 0 Å². The number of phenols is 1. The molecule has 0 fully saturated rings. The molecule has 2 rings (SSSR count). The van der Waals surface area contributed by atoms with E-state index in [4.69, 9.17) is 21.7 Å². The Morgan fingerprint density at radius 1 is 1.08 bits per heavy atom. The van der Waals surface area contributed by atoms with E-state index in [9.17, 15) is 5.11 Å². The van der Waals surface area contributed by atoms with Gasteiger partial charge in [0.05, 0.1) is 20.4 Å². The summed E-state index contributed by atoms with van der Waals surface area (Å²) in [6.45, 7) is 3.69. The van der Waals surface area contributed by atoms with Crippen LogP contribution in [-0.4, -0.2) is 30.7 Å². The van der Waals surface area contributed by atoms with Crippen LogP contribution < -0.4 is 20.2 Å². The van der Waals surface area contributed by atoms with Crippen molar-refractivity contribution in [3.63, 3.8) is 0 Å². The maximum atomic E-state index is 9.78. The first-order valence-corrected chi connectivity index (χ1v) is 7.97. The number of anilines is 1. The summed E-state index contributed by atoms with van der Waals surface area (Å²) < 4.78 is 10.4. The van der Waals surface area contributed by atoms with Gasteiger partial charge in [-0.25, -0.2) is 0 Å². The number of rotatable bonds is 5. The summed E-state index contributed by atoms with van der Waals surface area (Å²) in [5, 5.41) is 17.2. The molecular weight excluding hydrogens is 338 g/mol. The molecule has 3 N–H and O–H groups in total. The van der Waals surface area contributed by atoms with Gasteiger partial charge >= 0.3 is 0 Å². The first-order chi connectivity index (χ1) is 11.9. The van der Waals surface area contributed by atoms with Crippen LogP contribution in [0.2, 0.25) is 0 Å². The monoisotopic (exact) mass is 359 g/mol. The second-order valence-electron chi connectivity index (χ2n) is 5.40. The summed E-state index contributed by atoms with van der Waals surface area (Å²) in [5.41, 5.74) is 5.97. The van der Waals surface area contributed by atoms with Crippen LogP contribution in [-0.2, 0) is 0 Å². The fraction of sp³-hybridized carbons (Fsp3) is 0.222. The lowest BCUT2D eigenvalue weighted by Gasteiger charge is -2.11. The SMILES string of the molecule is COc1ccc(NC(=S)N/N=C/c2cc(C)c(O)c(C)c2)cc1OC. The van der Waals surface area contributed by atoms with Crippen LogP contribution in [0.4, 0.5) is 5.69 Å². The summed E-state index contributed by atoms with van der Waals surface area (Å²) in [6.07, 6.45) is 1.64. The highest BCUT2D eigenvalue weighted by molar-refractivity contribution is 7.80. The molecule has 0 saturated heterocycles. The van der Waals surface area contributed by atoms with Crippen molar-refractivity contribution < 1.29 is 14.6 Å². The first kappa shape index (κ1) is 18.5. The third-order valence-corrected chi connectivity index (χ3v) is 3.73. The lowest BCUT2D eigenvalue weighted by molar-refractivity contribution is 0.355. The molecule has 2 aromatic rings. The van der Waals surface area contributed by atoms with E-state index in [2.05, 4.69) is 15.8 Å². The topological polar surface area (TPSA) is 75.1 Å². The number of aromatic hydroxyl groups is 1. The summed E-state index contributed by atoms with van der Waals surface area (Å²) in [7, 11) is 3.16. The number of ether oxygens (including phenoxy) is 2. The average molecular weight is 359 g/mol. The summed E-state index contributed by atoms with van der Waals surface area (Å²) in [6, 6.07) is 9.08. The number of hydrogen-bond acceptors (Lipinski definition) is 5. The molecule has 0 aliphatic carbocycles. The third kappa shape index (κ3) is 4.84. The van der Waals surface area contributed by atoms with Gasteiger partial charge in [-0.2, -0.15) is 5.10 Å². The Kier molecular flexibility index (Phi) is 6.19. The Labute approximate surface area is 152 Å². The highest BCUT2D eigenvalue weighted by Gasteiger charge is 2.05. The van der Waals surface area contributed by atoms with Gasteiger partial charge in [-0.1, -0.05) is 0 Å². The average Bonchev–Trinajstić information content (AvgIpc) is 2.59. The van der Waals surface area contributed by atoms with Gasteiger partial charge < -0.3 is 19.9 Å². The van der Waals surface area contributed by atoms with Crippen molar-refractivity contribution in [2.45, 2.75) is 13.8 Å². The molecule has 6 nitrogen and oxygen atoms in total. The maximum absolute atomic E-state index is 9.78. The van der Waals surface area contributed by atoms with Gasteiger partial charge in [-0.15, -0.1) is 0 Å². The van der Waals surface area contributed by atoms with Crippen molar-refractivity contribution in [1.82, 2.24) is 5.43 Å². The van der Waals surface area contributed by atoms with Crippen LogP contribution in [0.1, 0.15) is 16.7 Å². The molecule has 0 unspecified atom stereocenters. The molecule has 0 radical (unpaired) electrons. The van der Waals surface area contributed by atoms with Crippen molar-refractivity contribution >= 4 is 29.2 Å². The number of aryl methyl sites for hydroxylation is 2. The van der Waals surface area contributed by atoms with Gasteiger partial charge in [0.1, 0.15) is 5.75 Å². The van der Waals surface area contributed by atoms with E-state index >= 15 is 0 Å². The Morgan fingerprint density at radius 3 is 2.32 bits per heavy atom. The molecule has 0 saturated carbocycles. The van der Waals surface area contributed by atoms with Crippen molar-refractivity contribution in [1.29, 1.82) is 0 Å². The molecule has 0 spiro atoms. The van der Waals surface area contributed by atoms with Crippen LogP contribution in [0, 0.1) is 13.8 Å². The smallest absolute Gasteiger partial charge is 0.191 e. The van der Waals surface area contributed by atoms with Gasteiger partial charge in [-0.05, 0) is 67.0 Å². The number of thiocarbonyl (C=S) groups is 1. The maximum Gasteiger partial charge on any atom is 0.191 e. The first-order valence-electron chi connectivity index (χ1n) is 7.57. The van der Waals surface area contributed by atoms with E-state index in [-0.39, 0.29) is 0 Å². The number of phenolic OH excluding ortho intramolecular Hbond substituents is 1. The molecule has 2 aromatic carbocycles. The number of hydrogen-bond donors (Lipinski definition) is 3. The van der Waals surface area contributed by atoms with Crippen LogP contribution in [0.15, 0.2) is 35.4 Å². The standard InChI is InChI=1S/C18H21N3O3S/c1-11-7-13(8-12(2)17(11)22)10-19-21-18(25)20-14-5-6-15(23-3)16(9-14)24-4/h5-10,22H,1-4H3,(H2,20,21,25)/b19-10+. The quantitative estimate of drug-likeness (QED) is 0.432. The molecule has 0 heterocycles. The summed E-state index contributed by atoms with van der Waals surface area (Å²) >= 11 is 5.22. The molecule has 0 atom stereocenters. The minimum Gasteiger partial charge on any atom is -0.507 e. The van der Waals surface area contributed by atoms with Crippen molar-refractivity contribution in [2.75, 3.05) is 19.5 Å². The lowest BCUT2D eigenvalue weighted by atomic mass is 10.1. The highest BCUT2D eigenvalue weighted by atomic mass is 32.1. The highest BCUT2D eigenvalue weighted by Crippen LogP contribution is 2.29. The number of nitrogens with zero attached hydrogens (tertiary/aromatic N) is 1. The number of hydrazone groups is 1. The molecule has 0 aliphatic heterocycles. The fourth-order valence-corrected chi connectivity index (χ4v) is 2.47. The van der Waals surface area contributed by atoms with Gasteiger partial charge in [0.25, 0.3) is 0 Å². The Bertz CT molecular complexity index is 783. The molecule has 0 amide bonds. The van der Waals surface area contributed by atoms with E-state index < -0.39 is 0 Å². The molecule has 0 aliphatic rings. The lowest BCUT2D eigenvalue weighted by Crippen LogP contribution is -2.23. The zero-order chi connectivity index (χ0) is 18.4. The van der Waals surface area contributed by atoms with Gasteiger partial charge in [0.15, 0.2) is 16.6 Å². The summed E-state index contributed by atoms with van der Waals surface area (Å²) in [5.74, 6) is 1.55. The Hall–Kier alpha value is -2.80. The number of nitrogens with one attached hydrogen (secondary N) is 2. The van der Waals surface area contributed by atoms with Crippen LogP contribution in [0.5, 0.6) is 17.2 Å². The van der Waals surface area contributed by atoms with E-state index in [1.54, 1.807) is 32.6 Å². The minimum absolute atomic E-state index is 0.302.